The van der Waals surface area contributed by atoms with Crippen LogP contribution in [0.4, 0.5) is 21.9 Å². The molecule has 1 saturated heterocycles. The summed E-state index contributed by atoms with van der Waals surface area (Å²) in [6.07, 6.45) is 1.49. The van der Waals surface area contributed by atoms with Crippen molar-refractivity contribution in [3.8, 4) is 5.75 Å². The Morgan fingerprint density at radius 3 is 2.16 bits per heavy atom. The van der Waals surface area contributed by atoms with Gasteiger partial charge < -0.3 is 20.3 Å². The van der Waals surface area contributed by atoms with E-state index in [2.05, 4.69) is 10.6 Å². The molecule has 25 heavy (non-hydrogen) atoms. The van der Waals surface area contributed by atoms with Gasteiger partial charge in [-0.25, -0.2) is 4.79 Å². The molecule has 0 radical (unpaired) electrons. The Bertz CT molecular complexity index is 742. The molecular formula is C19H21N3O3. The predicted molar refractivity (Wildman–Crippen MR) is 98.3 cm³/mol. The molecule has 3 amide bonds. The topological polar surface area (TPSA) is 70.7 Å². The summed E-state index contributed by atoms with van der Waals surface area (Å²) in [5, 5.41) is 5.54. The smallest absolute Gasteiger partial charge is 0.323 e. The molecule has 6 nitrogen and oxygen atoms in total. The van der Waals surface area contributed by atoms with E-state index in [9.17, 15) is 9.59 Å². The number of carbonyl (C=O) groups is 2. The number of ether oxygens (including phenoxy) is 1. The third-order valence-electron chi connectivity index (χ3n) is 3.93. The van der Waals surface area contributed by atoms with Crippen molar-refractivity contribution >= 4 is 29.0 Å². The minimum Gasteiger partial charge on any atom is -0.494 e. The van der Waals surface area contributed by atoms with E-state index in [1.807, 2.05) is 19.1 Å². The molecule has 0 spiro atoms. The highest BCUT2D eigenvalue weighted by Crippen LogP contribution is 2.23. The second-order valence-electron chi connectivity index (χ2n) is 5.73. The molecule has 0 atom stereocenters. The molecule has 130 valence electrons. The molecule has 1 aliphatic heterocycles. The van der Waals surface area contributed by atoms with Gasteiger partial charge in [0.15, 0.2) is 0 Å². The van der Waals surface area contributed by atoms with Gasteiger partial charge in [-0.1, -0.05) is 0 Å². The number of benzene rings is 2. The first-order valence-electron chi connectivity index (χ1n) is 8.37. The highest BCUT2D eigenvalue weighted by Gasteiger charge is 2.21. The predicted octanol–water partition coefficient (Wildman–Crippen LogP) is 3.86. The molecule has 2 aromatic rings. The summed E-state index contributed by atoms with van der Waals surface area (Å²) < 4.78 is 5.37. The minimum absolute atomic E-state index is 0.147. The van der Waals surface area contributed by atoms with E-state index in [0.29, 0.717) is 24.4 Å². The fourth-order valence-electron chi connectivity index (χ4n) is 2.74. The summed E-state index contributed by atoms with van der Waals surface area (Å²) in [6, 6.07) is 14.1. The van der Waals surface area contributed by atoms with Crippen LogP contribution in [0.1, 0.15) is 19.8 Å². The largest absolute Gasteiger partial charge is 0.494 e. The molecule has 2 aromatic carbocycles. The van der Waals surface area contributed by atoms with Gasteiger partial charge in [0.2, 0.25) is 5.91 Å². The van der Waals surface area contributed by atoms with Crippen molar-refractivity contribution < 1.29 is 14.3 Å². The normalized spacial score (nSPS) is 13.6. The molecule has 6 heteroatoms. The molecule has 0 aliphatic carbocycles. The van der Waals surface area contributed by atoms with Crippen LogP contribution in [0, 0.1) is 0 Å². The van der Waals surface area contributed by atoms with Crippen molar-refractivity contribution in [2.75, 3.05) is 28.7 Å². The Morgan fingerprint density at radius 1 is 1.04 bits per heavy atom. The van der Waals surface area contributed by atoms with Crippen LogP contribution in [-0.2, 0) is 4.79 Å². The lowest BCUT2D eigenvalue weighted by Gasteiger charge is -2.16. The molecule has 0 aromatic heterocycles. The molecule has 0 unspecified atom stereocenters. The lowest BCUT2D eigenvalue weighted by Crippen LogP contribution is -2.23. The lowest BCUT2D eigenvalue weighted by atomic mass is 10.2. The second kappa shape index (κ2) is 7.70. The Hall–Kier alpha value is -3.02. The molecular weight excluding hydrogens is 318 g/mol. The third kappa shape index (κ3) is 4.29. The number of nitrogens with zero attached hydrogens (tertiary/aromatic N) is 1. The van der Waals surface area contributed by atoms with Gasteiger partial charge in [0.05, 0.1) is 6.61 Å². The molecule has 2 N–H and O–H groups in total. The van der Waals surface area contributed by atoms with E-state index < -0.39 is 0 Å². The fourth-order valence-corrected chi connectivity index (χ4v) is 2.74. The van der Waals surface area contributed by atoms with E-state index in [-0.39, 0.29) is 11.9 Å². The molecule has 1 fully saturated rings. The standard InChI is InChI=1S/C19H21N3O3/c1-2-25-17-11-7-15(8-12-17)21-19(24)20-14-5-9-16(10-6-14)22-13-3-4-18(22)23/h5-12H,2-4,13H2,1H3,(H2,20,21,24). The number of rotatable bonds is 5. The zero-order valence-electron chi connectivity index (χ0n) is 14.1. The molecule has 1 heterocycles. The monoisotopic (exact) mass is 339 g/mol. The maximum atomic E-state index is 12.1. The quantitative estimate of drug-likeness (QED) is 0.869. The summed E-state index contributed by atoms with van der Waals surface area (Å²) in [7, 11) is 0. The molecule has 0 bridgehead atoms. The highest BCUT2D eigenvalue weighted by molar-refractivity contribution is 6.00. The van der Waals surface area contributed by atoms with Crippen LogP contribution in [0.2, 0.25) is 0 Å². The van der Waals surface area contributed by atoms with Gasteiger partial charge in [0.1, 0.15) is 5.75 Å². The van der Waals surface area contributed by atoms with Crippen molar-refractivity contribution in [1.82, 2.24) is 0 Å². The second-order valence-corrected chi connectivity index (χ2v) is 5.73. The summed E-state index contributed by atoms with van der Waals surface area (Å²) in [5.41, 5.74) is 2.21. The SMILES string of the molecule is CCOc1ccc(NC(=O)Nc2ccc(N3CCCC3=O)cc2)cc1. The third-order valence-corrected chi connectivity index (χ3v) is 3.93. The van der Waals surface area contributed by atoms with Crippen LogP contribution >= 0.6 is 0 Å². The average molecular weight is 339 g/mol. The summed E-state index contributed by atoms with van der Waals surface area (Å²) >= 11 is 0. The van der Waals surface area contributed by atoms with Gasteiger partial charge >= 0.3 is 6.03 Å². The van der Waals surface area contributed by atoms with Crippen molar-refractivity contribution in [3.05, 3.63) is 48.5 Å². The lowest BCUT2D eigenvalue weighted by molar-refractivity contribution is -0.117. The van der Waals surface area contributed by atoms with Crippen LogP contribution in [-0.4, -0.2) is 25.1 Å². The number of hydrogen-bond acceptors (Lipinski definition) is 3. The summed E-state index contributed by atoms with van der Waals surface area (Å²) in [6.45, 7) is 3.28. The van der Waals surface area contributed by atoms with E-state index in [4.69, 9.17) is 4.74 Å². The summed E-state index contributed by atoms with van der Waals surface area (Å²) in [4.78, 5) is 25.6. The zero-order chi connectivity index (χ0) is 17.6. The number of amides is 3. The molecule has 0 saturated carbocycles. The van der Waals surface area contributed by atoms with Crippen LogP contribution in [0.15, 0.2) is 48.5 Å². The number of urea groups is 1. The van der Waals surface area contributed by atoms with Gasteiger partial charge in [-0.15, -0.1) is 0 Å². The maximum absolute atomic E-state index is 12.1. The summed E-state index contributed by atoms with van der Waals surface area (Å²) in [5.74, 6) is 0.912. The number of hydrogen-bond donors (Lipinski definition) is 2. The zero-order valence-corrected chi connectivity index (χ0v) is 14.1. The van der Waals surface area contributed by atoms with Crippen molar-refractivity contribution in [1.29, 1.82) is 0 Å². The highest BCUT2D eigenvalue weighted by atomic mass is 16.5. The van der Waals surface area contributed by atoms with Gasteiger partial charge in [0, 0.05) is 30.0 Å². The maximum Gasteiger partial charge on any atom is 0.323 e. The van der Waals surface area contributed by atoms with Crippen LogP contribution in [0.3, 0.4) is 0 Å². The van der Waals surface area contributed by atoms with Gasteiger partial charge in [-0.3, -0.25) is 4.79 Å². The minimum atomic E-state index is -0.325. The van der Waals surface area contributed by atoms with Crippen molar-refractivity contribution in [2.24, 2.45) is 0 Å². The number of nitrogens with one attached hydrogen (secondary N) is 2. The van der Waals surface area contributed by atoms with Crippen molar-refractivity contribution in [3.63, 3.8) is 0 Å². The Kier molecular flexibility index (Phi) is 5.18. The van der Waals surface area contributed by atoms with Crippen LogP contribution in [0.5, 0.6) is 5.75 Å². The Labute approximate surface area is 146 Å². The van der Waals surface area contributed by atoms with E-state index in [1.54, 1.807) is 41.3 Å². The van der Waals surface area contributed by atoms with Gasteiger partial charge in [0.25, 0.3) is 0 Å². The first-order chi connectivity index (χ1) is 12.2. The van der Waals surface area contributed by atoms with E-state index >= 15 is 0 Å². The van der Waals surface area contributed by atoms with Gasteiger partial charge in [-0.05, 0) is 61.9 Å². The number of anilines is 3. The fraction of sp³-hybridized carbons (Fsp3) is 0.263. The molecule has 1 aliphatic rings. The molecule has 3 rings (SSSR count). The Morgan fingerprint density at radius 2 is 1.64 bits per heavy atom. The van der Waals surface area contributed by atoms with Crippen LogP contribution in [0.25, 0.3) is 0 Å². The van der Waals surface area contributed by atoms with E-state index in [1.165, 1.54) is 0 Å². The first kappa shape index (κ1) is 16.8. The van der Waals surface area contributed by atoms with Crippen LogP contribution < -0.4 is 20.3 Å². The van der Waals surface area contributed by atoms with Gasteiger partial charge in [-0.2, -0.15) is 0 Å². The van der Waals surface area contributed by atoms with Crippen molar-refractivity contribution in [2.45, 2.75) is 19.8 Å². The van der Waals surface area contributed by atoms with E-state index in [0.717, 1.165) is 24.4 Å². The average Bonchev–Trinajstić information content (AvgIpc) is 3.03. The number of carbonyl (C=O) groups excluding carboxylic acids is 2. The Balaban J connectivity index is 1.56. The first-order valence-corrected chi connectivity index (χ1v) is 8.37.